The van der Waals surface area contributed by atoms with E-state index in [9.17, 15) is 13.6 Å². The SMILES string of the molecule is COC(=O)CC(N)c1ccc(F)c(C)c1F. The zero-order chi connectivity index (χ0) is 12.3. The highest BCUT2D eigenvalue weighted by Crippen LogP contribution is 2.22. The third kappa shape index (κ3) is 2.55. The molecule has 0 aliphatic heterocycles. The third-order valence-electron chi connectivity index (χ3n) is 2.36. The highest BCUT2D eigenvalue weighted by atomic mass is 19.1. The van der Waals surface area contributed by atoms with Crippen LogP contribution in [-0.2, 0) is 9.53 Å². The van der Waals surface area contributed by atoms with Crippen molar-refractivity contribution in [1.29, 1.82) is 0 Å². The Morgan fingerprint density at radius 1 is 1.50 bits per heavy atom. The van der Waals surface area contributed by atoms with E-state index in [4.69, 9.17) is 5.73 Å². The number of benzene rings is 1. The number of methoxy groups -OCH3 is 1. The number of halogens is 2. The first-order valence-electron chi connectivity index (χ1n) is 4.74. The molecule has 0 saturated heterocycles. The Bertz CT molecular complexity index is 407. The second kappa shape index (κ2) is 5.03. The molecule has 0 bridgehead atoms. The number of ether oxygens (including phenoxy) is 1. The Morgan fingerprint density at radius 3 is 2.69 bits per heavy atom. The topological polar surface area (TPSA) is 52.3 Å². The summed E-state index contributed by atoms with van der Waals surface area (Å²) in [5.74, 6) is -1.88. The molecule has 1 unspecified atom stereocenters. The van der Waals surface area contributed by atoms with Crippen molar-refractivity contribution in [1.82, 2.24) is 0 Å². The molecule has 0 fully saturated rings. The molecule has 0 amide bonds. The molecule has 0 saturated carbocycles. The maximum atomic E-state index is 13.6. The van der Waals surface area contributed by atoms with Gasteiger partial charge in [-0.05, 0) is 13.0 Å². The monoisotopic (exact) mass is 229 g/mol. The summed E-state index contributed by atoms with van der Waals surface area (Å²) in [4.78, 5) is 11.0. The summed E-state index contributed by atoms with van der Waals surface area (Å²) in [6, 6.07) is 1.54. The van der Waals surface area contributed by atoms with Gasteiger partial charge in [0.15, 0.2) is 0 Å². The van der Waals surface area contributed by atoms with Crippen LogP contribution in [0.3, 0.4) is 0 Å². The lowest BCUT2D eigenvalue weighted by atomic mass is 10.0. The second-order valence-corrected chi connectivity index (χ2v) is 3.46. The summed E-state index contributed by atoms with van der Waals surface area (Å²) < 4.78 is 31.0. The number of esters is 1. The minimum Gasteiger partial charge on any atom is -0.469 e. The molecule has 0 aromatic heterocycles. The maximum Gasteiger partial charge on any atom is 0.307 e. The number of rotatable bonds is 3. The highest BCUT2D eigenvalue weighted by molar-refractivity contribution is 5.70. The summed E-state index contributed by atoms with van der Waals surface area (Å²) in [6.07, 6.45) is -0.140. The van der Waals surface area contributed by atoms with Crippen LogP contribution in [0.1, 0.15) is 23.6 Å². The Kier molecular flexibility index (Phi) is 3.95. The van der Waals surface area contributed by atoms with Crippen LogP contribution in [0.25, 0.3) is 0 Å². The molecule has 88 valence electrons. The van der Waals surface area contributed by atoms with Crippen LogP contribution < -0.4 is 5.73 Å². The first-order valence-corrected chi connectivity index (χ1v) is 4.74. The first-order chi connectivity index (χ1) is 7.47. The summed E-state index contributed by atoms with van der Waals surface area (Å²) in [5, 5.41) is 0. The average molecular weight is 229 g/mol. The van der Waals surface area contributed by atoms with Crippen molar-refractivity contribution in [3.8, 4) is 0 Å². The molecule has 5 heteroatoms. The fraction of sp³-hybridized carbons (Fsp3) is 0.364. The van der Waals surface area contributed by atoms with Crippen LogP contribution >= 0.6 is 0 Å². The summed E-state index contributed by atoms with van der Waals surface area (Å²) in [7, 11) is 1.22. The van der Waals surface area contributed by atoms with E-state index in [-0.39, 0.29) is 17.5 Å². The van der Waals surface area contributed by atoms with E-state index in [1.165, 1.54) is 20.1 Å². The van der Waals surface area contributed by atoms with Crippen LogP contribution in [0.5, 0.6) is 0 Å². The maximum absolute atomic E-state index is 13.6. The molecule has 2 N–H and O–H groups in total. The molecule has 1 rings (SSSR count). The molecule has 1 aromatic rings. The summed E-state index contributed by atoms with van der Waals surface area (Å²) >= 11 is 0. The van der Waals surface area contributed by atoms with Gasteiger partial charge in [-0.1, -0.05) is 6.07 Å². The van der Waals surface area contributed by atoms with E-state index in [0.717, 1.165) is 6.07 Å². The molecule has 0 heterocycles. The van der Waals surface area contributed by atoms with Crippen molar-refractivity contribution in [3.63, 3.8) is 0 Å². The molecule has 0 aliphatic rings. The standard InChI is InChI=1S/C11H13F2NO2/c1-6-8(12)4-3-7(11(6)13)9(14)5-10(15)16-2/h3-4,9H,5,14H2,1-2H3. The van der Waals surface area contributed by atoms with Gasteiger partial charge in [-0.15, -0.1) is 0 Å². The summed E-state index contributed by atoms with van der Waals surface area (Å²) in [5.41, 5.74) is 5.64. The highest BCUT2D eigenvalue weighted by Gasteiger charge is 2.18. The summed E-state index contributed by atoms with van der Waals surface area (Å²) in [6.45, 7) is 1.32. The molecular weight excluding hydrogens is 216 g/mol. The van der Waals surface area contributed by atoms with Gasteiger partial charge in [-0.3, -0.25) is 4.79 Å². The van der Waals surface area contributed by atoms with Crippen molar-refractivity contribution >= 4 is 5.97 Å². The van der Waals surface area contributed by atoms with Crippen molar-refractivity contribution in [2.24, 2.45) is 5.73 Å². The molecule has 1 aromatic carbocycles. The molecule has 16 heavy (non-hydrogen) atoms. The Labute approximate surface area is 92.2 Å². The van der Waals surface area contributed by atoms with Gasteiger partial charge in [0.1, 0.15) is 11.6 Å². The fourth-order valence-corrected chi connectivity index (χ4v) is 1.34. The predicted molar refractivity (Wildman–Crippen MR) is 54.7 cm³/mol. The van der Waals surface area contributed by atoms with E-state index in [1.807, 2.05) is 0 Å². The van der Waals surface area contributed by atoms with Crippen molar-refractivity contribution in [2.75, 3.05) is 7.11 Å². The minimum absolute atomic E-state index is 0.0992. The van der Waals surface area contributed by atoms with Gasteiger partial charge in [0.2, 0.25) is 0 Å². The largest absolute Gasteiger partial charge is 0.469 e. The van der Waals surface area contributed by atoms with Crippen LogP contribution in [0.4, 0.5) is 8.78 Å². The number of hydrogen-bond donors (Lipinski definition) is 1. The Morgan fingerprint density at radius 2 is 2.12 bits per heavy atom. The van der Waals surface area contributed by atoms with Gasteiger partial charge in [0.25, 0.3) is 0 Å². The van der Waals surface area contributed by atoms with Crippen molar-refractivity contribution < 1.29 is 18.3 Å². The van der Waals surface area contributed by atoms with Gasteiger partial charge in [0.05, 0.1) is 13.5 Å². The third-order valence-corrected chi connectivity index (χ3v) is 2.36. The van der Waals surface area contributed by atoms with Gasteiger partial charge in [0, 0.05) is 17.2 Å². The number of hydrogen-bond acceptors (Lipinski definition) is 3. The van der Waals surface area contributed by atoms with Gasteiger partial charge in [-0.2, -0.15) is 0 Å². The molecule has 3 nitrogen and oxygen atoms in total. The lowest BCUT2D eigenvalue weighted by Gasteiger charge is -2.13. The van der Waals surface area contributed by atoms with Gasteiger partial charge >= 0.3 is 5.97 Å². The normalized spacial score (nSPS) is 12.3. The fourth-order valence-electron chi connectivity index (χ4n) is 1.34. The van der Waals surface area contributed by atoms with Crippen LogP contribution in [-0.4, -0.2) is 13.1 Å². The quantitative estimate of drug-likeness (QED) is 0.804. The molecule has 0 spiro atoms. The number of nitrogens with two attached hydrogens (primary N) is 1. The minimum atomic E-state index is -0.827. The number of carbonyl (C=O) groups is 1. The van der Waals surface area contributed by atoms with E-state index in [0.29, 0.717) is 0 Å². The van der Waals surface area contributed by atoms with Gasteiger partial charge < -0.3 is 10.5 Å². The molecule has 1 atom stereocenters. The second-order valence-electron chi connectivity index (χ2n) is 3.46. The van der Waals surface area contributed by atoms with Crippen LogP contribution in [0, 0.1) is 18.6 Å². The Hall–Kier alpha value is -1.49. The van der Waals surface area contributed by atoms with E-state index < -0.39 is 23.6 Å². The molecular formula is C11H13F2NO2. The zero-order valence-electron chi connectivity index (χ0n) is 9.09. The molecule has 0 aliphatic carbocycles. The van der Waals surface area contributed by atoms with E-state index in [2.05, 4.69) is 4.74 Å². The average Bonchev–Trinajstić information content (AvgIpc) is 2.25. The number of carbonyl (C=O) groups excluding carboxylic acids is 1. The van der Waals surface area contributed by atoms with E-state index in [1.54, 1.807) is 0 Å². The van der Waals surface area contributed by atoms with Gasteiger partial charge in [-0.25, -0.2) is 8.78 Å². The predicted octanol–water partition coefficient (Wildman–Crippen LogP) is 1.84. The van der Waals surface area contributed by atoms with Crippen LogP contribution in [0.2, 0.25) is 0 Å². The lowest BCUT2D eigenvalue weighted by molar-refractivity contribution is -0.141. The molecule has 0 radical (unpaired) electrons. The van der Waals surface area contributed by atoms with E-state index >= 15 is 0 Å². The smallest absolute Gasteiger partial charge is 0.307 e. The van der Waals surface area contributed by atoms with Crippen molar-refractivity contribution in [2.45, 2.75) is 19.4 Å². The lowest BCUT2D eigenvalue weighted by Crippen LogP contribution is -2.18. The van der Waals surface area contributed by atoms with Crippen LogP contribution in [0.15, 0.2) is 12.1 Å². The first kappa shape index (κ1) is 12.6. The zero-order valence-corrected chi connectivity index (χ0v) is 9.09. The van der Waals surface area contributed by atoms with Crippen molar-refractivity contribution in [3.05, 3.63) is 34.9 Å². The Balaban J connectivity index is 2.96.